The molecular formula is C21H37N7O. The molecule has 0 spiro atoms. The molecule has 0 aromatic carbocycles. The number of guanidine groups is 1. The number of aliphatic imine (C=N–C) groups is 1. The highest BCUT2D eigenvalue weighted by molar-refractivity contribution is 5.80. The molecule has 8 nitrogen and oxygen atoms in total. The Kier molecular flexibility index (Phi) is 8.25. The predicted molar refractivity (Wildman–Crippen MR) is 117 cm³/mol. The van der Waals surface area contributed by atoms with Crippen molar-refractivity contribution in [1.82, 2.24) is 30.2 Å². The molecule has 0 fully saturated rings. The van der Waals surface area contributed by atoms with E-state index < -0.39 is 0 Å². The van der Waals surface area contributed by atoms with Gasteiger partial charge in [0.1, 0.15) is 0 Å². The molecule has 29 heavy (non-hydrogen) atoms. The van der Waals surface area contributed by atoms with Crippen LogP contribution >= 0.6 is 0 Å². The van der Waals surface area contributed by atoms with Crippen molar-refractivity contribution >= 4 is 5.96 Å². The summed E-state index contributed by atoms with van der Waals surface area (Å²) in [6.07, 6.45) is 0.906. The average molecular weight is 404 g/mol. The first kappa shape index (κ1) is 22.9. The van der Waals surface area contributed by atoms with E-state index in [1.165, 1.54) is 16.8 Å². The van der Waals surface area contributed by atoms with Gasteiger partial charge in [0.2, 0.25) is 0 Å². The van der Waals surface area contributed by atoms with E-state index in [1.807, 2.05) is 23.3 Å². The molecule has 162 valence electrons. The largest absolute Gasteiger partial charge is 0.383 e. The van der Waals surface area contributed by atoms with E-state index in [2.05, 4.69) is 55.4 Å². The molecule has 0 aliphatic rings. The molecule has 2 rings (SSSR count). The lowest BCUT2D eigenvalue weighted by atomic mass is 10.1. The molecule has 0 aliphatic carbocycles. The molecule has 0 bridgehead atoms. The number of rotatable bonds is 9. The van der Waals surface area contributed by atoms with Gasteiger partial charge in [0.25, 0.3) is 0 Å². The summed E-state index contributed by atoms with van der Waals surface area (Å²) >= 11 is 0. The predicted octanol–water partition coefficient (Wildman–Crippen LogP) is 2.18. The highest BCUT2D eigenvalue weighted by atomic mass is 16.5. The molecule has 2 aromatic heterocycles. The van der Waals surface area contributed by atoms with E-state index in [-0.39, 0.29) is 6.04 Å². The molecule has 0 amide bonds. The van der Waals surface area contributed by atoms with Gasteiger partial charge in [-0.15, -0.1) is 0 Å². The molecule has 1 unspecified atom stereocenters. The number of ether oxygens (including phenoxy) is 1. The van der Waals surface area contributed by atoms with Gasteiger partial charge in [-0.2, -0.15) is 10.2 Å². The Hall–Kier alpha value is -2.35. The van der Waals surface area contributed by atoms with Crippen LogP contribution < -0.4 is 10.6 Å². The van der Waals surface area contributed by atoms with Crippen LogP contribution in [0.4, 0.5) is 0 Å². The van der Waals surface area contributed by atoms with Gasteiger partial charge >= 0.3 is 0 Å². The van der Waals surface area contributed by atoms with Gasteiger partial charge < -0.3 is 15.4 Å². The summed E-state index contributed by atoms with van der Waals surface area (Å²) in [6, 6.07) is 0.237. The van der Waals surface area contributed by atoms with E-state index in [1.54, 1.807) is 7.11 Å². The molecule has 2 N–H and O–H groups in total. The van der Waals surface area contributed by atoms with Crippen LogP contribution in [0.2, 0.25) is 0 Å². The van der Waals surface area contributed by atoms with Crippen LogP contribution in [0.25, 0.3) is 0 Å². The van der Waals surface area contributed by atoms with Crippen LogP contribution in [0, 0.1) is 27.7 Å². The molecule has 0 saturated carbocycles. The van der Waals surface area contributed by atoms with Crippen molar-refractivity contribution in [3.05, 3.63) is 33.9 Å². The second kappa shape index (κ2) is 10.4. The van der Waals surface area contributed by atoms with E-state index in [4.69, 9.17) is 9.73 Å². The van der Waals surface area contributed by atoms with Crippen LogP contribution in [0.5, 0.6) is 0 Å². The summed E-state index contributed by atoms with van der Waals surface area (Å²) in [5.74, 6) is 0.822. The Balaban J connectivity index is 2.09. The fourth-order valence-corrected chi connectivity index (χ4v) is 3.54. The van der Waals surface area contributed by atoms with Crippen LogP contribution in [-0.2, 0) is 31.3 Å². The van der Waals surface area contributed by atoms with Crippen molar-refractivity contribution in [1.29, 1.82) is 0 Å². The number of hydrogen-bond donors (Lipinski definition) is 2. The van der Waals surface area contributed by atoms with E-state index >= 15 is 0 Å². The van der Waals surface area contributed by atoms with Gasteiger partial charge in [0.15, 0.2) is 5.96 Å². The number of hydrogen-bond acceptors (Lipinski definition) is 4. The maximum Gasteiger partial charge on any atom is 0.191 e. The monoisotopic (exact) mass is 403 g/mol. The van der Waals surface area contributed by atoms with Gasteiger partial charge in [0.05, 0.1) is 31.1 Å². The summed E-state index contributed by atoms with van der Waals surface area (Å²) in [4.78, 5) is 4.82. The van der Waals surface area contributed by atoms with E-state index in [0.717, 1.165) is 42.6 Å². The zero-order valence-corrected chi connectivity index (χ0v) is 19.3. The third-order valence-corrected chi connectivity index (χ3v) is 5.33. The standard InChI is InChI=1S/C21H37N7O/c1-9-22-21(24-14(2)12-19-15(3)25-27(7)17(19)5)23-13-20-16(4)26-28(18(20)6)10-11-29-8/h14H,9-13H2,1-8H3,(H2,22,23,24). The van der Waals surface area contributed by atoms with Crippen molar-refractivity contribution in [2.45, 2.75) is 67.1 Å². The zero-order chi connectivity index (χ0) is 21.6. The maximum atomic E-state index is 5.18. The van der Waals surface area contributed by atoms with Crippen LogP contribution in [0.15, 0.2) is 4.99 Å². The number of methoxy groups -OCH3 is 1. The Morgan fingerprint density at radius 1 is 1.10 bits per heavy atom. The lowest BCUT2D eigenvalue weighted by molar-refractivity contribution is 0.182. The maximum absolute atomic E-state index is 5.18. The summed E-state index contributed by atoms with van der Waals surface area (Å²) in [5.41, 5.74) is 6.95. The quantitative estimate of drug-likeness (QED) is 0.495. The molecule has 0 aliphatic heterocycles. The minimum Gasteiger partial charge on any atom is -0.383 e. The summed E-state index contributed by atoms with van der Waals surface area (Å²) in [6.45, 7) is 15.4. The third-order valence-electron chi connectivity index (χ3n) is 5.33. The lowest BCUT2D eigenvalue weighted by Gasteiger charge is -2.18. The number of aromatic nitrogens is 4. The highest BCUT2D eigenvalue weighted by Gasteiger charge is 2.15. The SMILES string of the molecule is CCNC(=NCc1c(C)nn(CCOC)c1C)NC(C)Cc1c(C)nn(C)c1C. The first-order chi connectivity index (χ1) is 13.8. The second-order valence-corrected chi connectivity index (χ2v) is 7.58. The van der Waals surface area contributed by atoms with Crippen molar-refractivity contribution in [3.63, 3.8) is 0 Å². The number of aryl methyl sites for hydroxylation is 3. The Bertz CT molecular complexity index is 835. The van der Waals surface area contributed by atoms with Gasteiger partial charge in [-0.1, -0.05) is 0 Å². The number of nitrogens with zero attached hydrogens (tertiary/aromatic N) is 5. The molecule has 2 heterocycles. The first-order valence-electron chi connectivity index (χ1n) is 10.3. The van der Waals surface area contributed by atoms with Crippen LogP contribution in [0.1, 0.15) is 47.8 Å². The Morgan fingerprint density at radius 3 is 2.38 bits per heavy atom. The van der Waals surface area contributed by atoms with E-state index in [0.29, 0.717) is 13.2 Å². The molecule has 2 aromatic rings. The number of nitrogens with one attached hydrogen (secondary N) is 2. The van der Waals surface area contributed by atoms with E-state index in [9.17, 15) is 0 Å². The molecule has 0 radical (unpaired) electrons. The smallest absolute Gasteiger partial charge is 0.191 e. The molecule has 1 atom stereocenters. The fourth-order valence-electron chi connectivity index (χ4n) is 3.54. The van der Waals surface area contributed by atoms with Crippen molar-refractivity contribution < 1.29 is 4.74 Å². The zero-order valence-electron chi connectivity index (χ0n) is 19.3. The molecule has 0 saturated heterocycles. The van der Waals surface area contributed by atoms with Gasteiger partial charge in [0, 0.05) is 43.7 Å². The van der Waals surface area contributed by atoms with Gasteiger partial charge in [-0.3, -0.25) is 9.36 Å². The third kappa shape index (κ3) is 5.82. The Labute approximate surface area is 174 Å². The first-order valence-corrected chi connectivity index (χ1v) is 10.3. The highest BCUT2D eigenvalue weighted by Crippen LogP contribution is 2.15. The average Bonchev–Trinajstić information content (AvgIpc) is 3.07. The normalized spacial score (nSPS) is 13.0. The van der Waals surface area contributed by atoms with Crippen LogP contribution in [-0.4, -0.2) is 51.8 Å². The van der Waals surface area contributed by atoms with Crippen LogP contribution in [0.3, 0.4) is 0 Å². The fraction of sp³-hybridized carbons (Fsp3) is 0.667. The summed E-state index contributed by atoms with van der Waals surface area (Å²) in [7, 11) is 3.70. The van der Waals surface area contributed by atoms with Gasteiger partial charge in [-0.05, 0) is 53.5 Å². The van der Waals surface area contributed by atoms with Gasteiger partial charge in [-0.25, -0.2) is 4.99 Å². The summed E-state index contributed by atoms with van der Waals surface area (Å²) in [5, 5.41) is 16.0. The minimum atomic E-state index is 0.237. The second-order valence-electron chi connectivity index (χ2n) is 7.58. The summed E-state index contributed by atoms with van der Waals surface area (Å²) < 4.78 is 9.12. The molecular weight excluding hydrogens is 366 g/mol. The van der Waals surface area contributed by atoms with Crippen molar-refractivity contribution in [3.8, 4) is 0 Å². The van der Waals surface area contributed by atoms with Crippen molar-refractivity contribution in [2.75, 3.05) is 20.3 Å². The topological polar surface area (TPSA) is 81.3 Å². The lowest BCUT2D eigenvalue weighted by Crippen LogP contribution is -2.43. The van der Waals surface area contributed by atoms with Crippen molar-refractivity contribution in [2.24, 2.45) is 12.0 Å². The minimum absolute atomic E-state index is 0.237. The molecule has 8 heteroatoms. The Morgan fingerprint density at radius 2 is 1.79 bits per heavy atom.